The Hall–Kier alpha value is -5.56. The van der Waals surface area contributed by atoms with E-state index in [1.54, 1.807) is 18.2 Å². The highest BCUT2D eigenvalue weighted by Crippen LogP contribution is 2.37. The van der Waals surface area contributed by atoms with Crippen molar-refractivity contribution in [3.8, 4) is 28.7 Å². The maximum Gasteiger partial charge on any atom is 0.335 e. The van der Waals surface area contributed by atoms with Gasteiger partial charge in [0.05, 0.1) is 25.4 Å². The van der Waals surface area contributed by atoms with E-state index in [9.17, 15) is 18.8 Å². The van der Waals surface area contributed by atoms with E-state index in [0.717, 1.165) is 22.8 Å². The fourth-order valence-corrected chi connectivity index (χ4v) is 5.29. The molecule has 11 nitrogen and oxygen atoms in total. The number of halogens is 2. The number of pyridine rings is 1. The topological polar surface area (TPSA) is 123 Å². The number of nitrogens with one attached hydrogen (secondary N) is 1. The van der Waals surface area contributed by atoms with Crippen molar-refractivity contribution in [2.24, 2.45) is 0 Å². The van der Waals surface area contributed by atoms with Crippen LogP contribution in [0.1, 0.15) is 29.2 Å². The summed E-state index contributed by atoms with van der Waals surface area (Å²) in [5.41, 5.74) is -1.27. The van der Waals surface area contributed by atoms with Crippen LogP contribution >= 0.6 is 0 Å². The number of carbonyl (C=O) groups is 1. The van der Waals surface area contributed by atoms with Gasteiger partial charge < -0.3 is 24.3 Å². The molecule has 0 atom stereocenters. The molecule has 1 saturated heterocycles. The van der Waals surface area contributed by atoms with Gasteiger partial charge in [-0.3, -0.25) is 19.1 Å². The molecule has 2 aromatic heterocycles. The number of rotatable bonds is 8. The molecular formula is C33H28F2N4O7. The number of aromatic nitrogens is 3. The van der Waals surface area contributed by atoms with Gasteiger partial charge in [-0.2, -0.15) is 0 Å². The summed E-state index contributed by atoms with van der Waals surface area (Å²) in [7, 11) is 2.99. The maximum absolute atomic E-state index is 15.3. The molecule has 6 rings (SSSR count). The molecule has 0 unspecified atom stereocenters. The van der Waals surface area contributed by atoms with Gasteiger partial charge in [0.1, 0.15) is 17.1 Å². The first-order valence-electron chi connectivity index (χ1n) is 14.3. The van der Waals surface area contributed by atoms with Gasteiger partial charge in [-0.1, -0.05) is 0 Å². The van der Waals surface area contributed by atoms with E-state index in [2.05, 4.69) is 10.3 Å². The van der Waals surface area contributed by atoms with Gasteiger partial charge in [-0.25, -0.2) is 18.1 Å². The second-order valence-electron chi connectivity index (χ2n) is 10.4. The molecule has 3 aromatic carbocycles. The number of benzene rings is 3. The number of fused-ring (bicyclic) bond motifs is 1. The highest BCUT2D eigenvalue weighted by atomic mass is 19.1. The molecule has 1 amide bonds. The van der Waals surface area contributed by atoms with Gasteiger partial charge in [0.15, 0.2) is 23.1 Å². The first-order chi connectivity index (χ1) is 22.3. The lowest BCUT2D eigenvalue weighted by Gasteiger charge is -2.25. The van der Waals surface area contributed by atoms with Crippen LogP contribution in [0.15, 0.2) is 82.6 Å². The molecule has 0 radical (unpaired) electrons. The number of methoxy groups -OCH3 is 2. The molecule has 0 aliphatic carbocycles. The Morgan fingerprint density at radius 2 is 1.63 bits per heavy atom. The molecule has 1 N–H and O–H groups in total. The normalized spacial score (nSPS) is 13.4. The molecule has 46 heavy (non-hydrogen) atoms. The number of anilines is 1. The smallest absolute Gasteiger partial charge is 0.335 e. The van der Waals surface area contributed by atoms with Gasteiger partial charge >= 0.3 is 5.69 Å². The highest BCUT2D eigenvalue weighted by Gasteiger charge is 2.24. The summed E-state index contributed by atoms with van der Waals surface area (Å²) in [4.78, 5) is 44.8. The molecule has 3 heterocycles. The Labute approximate surface area is 260 Å². The summed E-state index contributed by atoms with van der Waals surface area (Å²) in [6.07, 6.45) is 3.70. The summed E-state index contributed by atoms with van der Waals surface area (Å²) < 4.78 is 53.1. The average Bonchev–Trinajstić information content (AvgIpc) is 3.06. The van der Waals surface area contributed by atoms with Gasteiger partial charge in [-0.15, -0.1) is 0 Å². The van der Waals surface area contributed by atoms with E-state index in [4.69, 9.17) is 18.9 Å². The van der Waals surface area contributed by atoms with Crippen molar-refractivity contribution < 1.29 is 32.5 Å². The van der Waals surface area contributed by atoms with Crippen LogP contribution in [-0.2, 0) is 4.74 Å². The van der Waals surface area contributed by atoms with Gasteiger partial charge in [-0.05, 0) is 61.4 Å². The molecule has 13 heteroatoms. The lowest BCUT2D eigenvalue weighted by atomic mass is 10.1. The lowest BCUT2D eigenvalue weighted by Crippen LogP contribution is -2.44. The van der Waals surface area contributed by atoms with Crippen molar-refractivity contribution >= 4 is 22.5 Å². The van der Waals surface area contributed by atoms with Crippen molar-refractivity contribution in [3.05, 3.63) is 111 Å². The molecule has 0 saturated carbocycles. The zero-order chi connectivity index (χ0) is 32.4. The Morgan fingerprint density at radius 1 is 0.913 bits per heavy atom. The van der Waals surface area contributed by atoms with E-state index < -0.39 is 28.8 Å². The van der Waals surface area contributed by atoms with Gasteiger partial charge in [0.2, 0.25) is 0 Å². The van der Waals surface area contributed by atoms with Crippen molar-refractivity contribution in [1.82, 2.24) is 14.1 Å². The summed E-state index contributed by atoms with van der Waals surface area (Å²) in [5, 5.41) is 3.09. The van der Waals surface area contributed by atoms with Crippen LogP contribution in [0.5, 0.6) is 23.0 Å². The number of amides is 1. The second kappa shape index (κ2) is 12.8. The van der Waals surface area contributed by atoms with E-state index in [1.807, 2.05) is 0 Å². The third-order valence-corrected chi connectivity index (χ3v) is 7.64. The predicted molar refractivity (Wildman–Crippen MR) is 165 cm³/mol. The maximum atomic E-state index is 15.3. The van der Waals surface area contributed by atoms with Crippen molar-refractivity contribution in [3.63, 3.8) is 0 Å². The molecule has 0 spiro atoms. The highest BCUT2D eigenvalue weighted by molar-refractivity contribution is 6.04. The predicted octanol–water partition coefficient (Wildman–Crippen LogP) is 5.24. The molecule has 1 aliphatic rings. The third kappa shape index (κ3) is 5.92. The Balaban J connectivity index is 1.31. The summed E-state index contributed by atoms with van der Waals surface area (Å²) >= 11 is 0. The van der Waals surface area contributed by atoms with Crippen LogP contribution in [0.25, 0.3) is 16.6 Å². The Morgan fingerprint density at radius 3 is 2.33 bits per heavy atom. The van der Waals surface area contributed by atoms with Gasteiger partial charge in [0, 0.05) is 54.9 Å². The summed E-state index contributed by atoms with van der Waals surface area (Å²) in [5.74, 6) is -1.13. The lowest BCUT2D eigenvalue weighted by molar-refractivity contribution is 0.0679. The monoisotopic (exact) mass is 630 g/mol. The minimum absolute atomic E-state index is 0.0393. The van der Waals surface area contributed by atoms with E-state index in [-0.39, 0.29) is 28.7 Å². The largest absolute Gasteiger partial charge is 0.493 e. The van der Waals surface area contributed by atoms with Crippen molar-refractivity contribution in [1.29, 1.82) is 0 Å². The van der Waals surface area contributed by atoms with Crippen LogP contribution in [0, 0.1) is 11.6 Å². The fourth-order valence-electron chi connectivity index (χ4n) is 5.29. The zero-order valence-electron chi connectivity index (χ0n) is 24.8. The summed E-state index contributed by atoms with van der Waals surface area (Å²) in [6, 6.07) is 13.2. The van der Waals surface area contributed by atoms with Crippen molar-refractivity contribution in [2.75, 3.05) is 32.8 Å². The van der Waals surface area contributed by atoms with Crippen LogP contribution in [0.4, 0.5) is 14.5 Å². The Bertz CT molecular complexity index is 2060. The minimum Gasteiger partial charge on any atom is -0.493 e. The van der Waals surface area contributed by atoms with Crippen LogP contribution in [0.3, 0.4) is 0 Å². The van der Waals surface area contributed by atoms with Crippen LogP contribution in [-0.4, -0.2) is 47.5 Å². The van der Waals surface area contributed by atoms with Crippen LogP contribution < -0.4 is 30.8 Å². The third-order valence-electron chi connectivity index (χ3n) is 7.64. The number of nitrogens with zero attached hydrogens (tertiary/aromatic N) is 3. The van der Waals surface area contributed by atoms with E-state index in [1.165, 1.54) is 55.4 Å². The fraction of sp³-hybridized carbons (Fsp3) is 0.212. The molecule has 5 aromatic rings. The molecule has 0 bridgehead atoms. The molecule has 1 aliphatic heterocycles. The van der Waals surface area contributed by atoms with Crippen molar-refractivity contribution in [2.45, 2.75) is 18.9 Å². The molecular weight excluding hydrogens is 602 g/mol. The van der Waals surface area contributed by atoms with Gasteiger partial charge in [0.25, 0.3) is 11.5 Å². The average molecular weight is 631 g/mol. The quantitative estimate of drug-likeness (QED) is 0.247. The number of ether oxygens (including phenoxy) is 4. The van der Waals surface area contributed by atoms with E-state index >= 15 is 4.39 Å². The second-order valence-corrected chi connectivity index (χ2v) is 10.4. The SMILES string of the molecule is COc1cc2nccc(Oc3ccc(NC(=O)c4cn(C5CCOCC5)c(=O)n(-c5ccc(F)cc5)c4=O)cc3F)c2cc1OC. The zero-order valence-corrected chi connectivity index (χ0v) is 24.8. The minimum atomic E-state index is -0.908. The first kappa shape index (κ1) is 30.5. The number of hydrogen-bond donors (Lipinski definition) is 1. The molecule has 236 valence electrons. The molecule has 1 fully saturated rings. The van der Waals surface area contributed by atoms with Crippen LogP contribution in [0.2, 0.25) is 0 Å². The summed E-state index contributed by atoms with van der Waals surface area (Å²) in [6.45, 7) is 0.804. The van der Waals surface area contributed by atoms with E-state index in [0.29, 0.717) is 54.2 Å². The number of hydrogen-bond acceptors (Lipinski definition) is 8. The Kier molecular flexibility index (Phi) is 8.49. The number of carbonyl (C=O) groups excluding carboxylic acids is 1. The first-order valence-corrected chi connectivity index (χ1v) is 14.3. The standard InChI is InChI=1S/C33H28F2N4O7/c1-43-29-16-23-26(17-30(29)44-2)36-12-9-27(23)46-28-8-5-20(15-25(28)35)37-31(40)24-18-38(21-10-13-45-14-11-21)33(42)39(32(24)41)22-6-3-19(34)4-7-22/h3-9,12,15-18,21H,10-11,13-14H2,1-2H3,(H,37,40).